The lowest BCUT2D eigenvalue weighted by Crippen LogP contribution is -2.12. The molecule has 1 aromatic rings. The van der Waals surface area contributed by atoms with E-state index in [1.807, 2.05) is 6.92 Å². The minimum atomic E-state index is -1.04. The number of ether oxygens (including phenoxy) is 1. The third-order valence-corrected chi connectivity index (χ3v) is 2.31. The Kier molecular flexibility index (Phi) is 5.08. The van der Waals surface area contributed by atoms with Gasteiger partial charge in [0.1, 0.15) is 5.56 Å². The molecule has 0 radical (unpaired) electrons. The Morgan fingerprint density at radius 1 is 1.56 bits per heavy atom. The van der Waals surface area contributed by atoms with E-state index in [4.69, 9.17) is 21.4 Å². The van der Waals surface area contributed by atoms with Gasteiger partial charge >= 0.3 is 5.97 Å². The summed E-state index contributed by atoms with van der Waals surface area (Å²) >= 11 is 5.81. The highest BCUT2D eigenvalue weighted by molar-refractivity contribution is 6.34. The molecule has 0 amide bonds. The van der Waals surface area contributed by atoms with E-state index in [1.165, 1.54) is 0 Å². The van der Waals surface area contributed by atoms with Crippen LogP contribution in [0.25, 0.3) is 0 Å². The van der Waals surface area contributed by atoms with Crippen LogP contribution in [0.15, 0.2) is 18.2 Å². The summed E-state index contributed by atoms with van der Waals surface area (Å²) in [6.45, 7) is 3.63. The lowest BCUT2D eigenvalue weighted by Gasteiger charge is -2.10. The molecule has 88 valence electrons. The van der Waals surface area contributed by atoms with Crippen molar-refractivity contribution >= 4 is 23.3 Å². The van der Waals surface area contributed by atoms with Crippen molar-refractivity contribution in [2.75, 3.05) is 25.1 Å². The number of carbonyl (C=O) groups is 1. The van der Waals surface area contributed by atoms with E-state index in [0.29, 0.717) is 25.4 Å². The maximum Gasteiger partial charge on any atom is 0.339 e. The van der Waals surface area contributed by atoms with Crippen LogP contribution in [0.4, 0.5) is 5.69 Å². The minimum Gasteiger partial charge on any atom is -0.478 e. The number of rotatable bonds is 6. The number of halogens is 1. The summed E-state index contributed by atoms with van der Waals surface area (Å²) in [5.41, 5.74) is 0.611. The molecule has 1 aromatic carbocycles. The zero-order valence-electron chi connectivity index (χ0n) is 9.00. The topological polar surface area (TPSA) is 58.6 Å². The summed E-state index contributed by atoms with van der Waals surface area (Å²) in [6, 6.07) is 4.94. The number of hydrogen-bond acceptors (Lipinski definition) is 3. The van der Waals surface area contributed by atoms with Gasteiger partial charge in [-0.2, -0.15) is 0 Å². The predicted octanol–water partition coefficient (Wildman–Crippen LogP) is 2.49. The molecule has 0 spiro atoms. The molecule has 1 rings (SSSR count). The molecular weight excluding hydrogens is 230 g/mol. The third kappa shape index (κ3) is 3.40. The van der Waals surface area contributed by atoms with E-state index in [9.17, 15) is 4.79 Å². The van der Waals surface area contributed by atoms with Crippen LogP contribution in [0.3, 0.4) is 0 Å². The van der Waals surface area contributed by atoms with E-state index in [0.717, 1.165) is 0 Å². The first-order chi connectivity index (χ1) is 7.66. The standard InChI is InChI=1S/C11H14ClNO3/c1-2-16-7-6-13-9-5-3-4-8(12)10(9)11(14)15/h3-5,13H,2,6-7H2,1H3,(H,14,15). The molecule has 0 aliphatic rings. The van der Waals surface area contributed by atoms with Crippen molar-refractivity contribution in [1.82, 2.24) is 0 Å². The molecule has 0 fully saturated rings. The molecule has 2 N–H and O–H groups in total. The highest BCUT2D eigenvalue weighted by Gasteiger charge is 2.13. The summed E-state index contributed by atoms with van der Waals surface area (Å²) in [6.07, 6.45) is 0. The lowest BCUT2D eigenvalue weighted by atomic mass is 10.2. The molecule has 0 aliphatic carbocycles. The van der Waals surface area contributed by atoms with Gasteiger partial charge < -0.3 is 15.2 Å². The Balaban J connectivity index is 2.71. The normalized spacial score (nSPS) is 10.1. The zero-order valence-corrected chi connectivity index (χ0v) is 9.75. The molecule has 0 aliphatic heterocycles. The zero-order chi connectivity index (χ0) is 12.0. The summed E-state index contributed by atoms with van der Waals surface area (Å²) in [5.74, 6) is -1.04. The van der Waals surface area contributed by atoms with Crippen molar-refractivity contribution in [1.29, 1.82) is 0 Å². The molecule has 0 aromatic heterocycles. The van der Waals surface area contributed by atoms with Crippen LogP contribution in [0.5, 0.6) is 0 Å². The quantitative estimate of drug-likeness (QED) is 0.754. The largest absolute Gasteiger partial charge is 0.478 e. The molecule has 4 nitrogen and oxygen atoms in total. The van der Waals surface area contributed by atoms with Crippen LogP contribution in [-0.2, 0) is 4.74 Å². The number of nitrogens with one attached hydrogen (secondary N) is 1. The Morgan fingerprint density at radius 2 is 2.31 bits per heavy atom. The van der Waals surface area contributed by atoms with Gasteiger partial charge in [-0.25, -0.2) is 4.79 Å². The Morgan fingerprint density at radius 3 is 2.94 bits per heavy atom. The van der Waals surface area contributed by atoms with Crippen LogP contribution >= 0.6 is 11.6 Å². The first-order valence-electron chi connectivity index (χ1n) is 5.00. The van der Waals surface area contributed by atoms with E-state index in [1.54, 1.807) is 18.2 Å². The SMILES string of the molecule is CCOCCNc1cccc(Cl)c1C(=O)O. The highest BCUT2D eigenvalue weighted by Crippen LogP contribution is 2.23. The molecule has 0 atom stereocenters. The number of carboxylic acid groups (broad SMARTS) is 1. The van der Waals surface area contributed by atoms with Gasteiger partial charge in [-0.1, -0.05) is 17.7 Å². The number of hydrogen-bond donors (Lipinski definition) is 2. The average molecular weight is 244 g/mol. The first kappa shape index (κ1) is 12.8. The molecule has 0 saturated heterocycles. The number of anilines is 1. The number of carboxylic acids is 1. The summed E-state index contributed by atoms with van der Waals surface area (Å²) in [7, 11) is 0. The molecule has 0 heterocycles. The lowest BCUT2D eigenvalue weighted by molar-refractivity contribution is 0.0698. The van der Waals surface area contributed by atoms with Crippen LogP contribution in [0.1, 0.15) is 17.3 Å². The number of benzene rings is 1. The van der Waals surface area contributed by atoms with Crippen molar-refractivity contribution in [3.63, 3.8) is 0 Å². The van der Waals surface area contributed by atoms with E-state index >= 15 is 0 Å². The van der Waals surface area contributed by atoms with Crippen molar-refractivity contribution in [3.8, 4) is 0 Å². The smallest absolute Gasteiger partial charge is 0.339 e. The Bertz CT molecular complexity index is 368. The molecule has 16 heavy (non-hydrogen) atoms. The summed E-state index contributed by atoms with van der Waals surface area (Å²) in [5, 5.41) is 12.2. The van der Waals surface area contributed by atoms with Gasteiger partial charge in [0, 0.05) is 13.2 Å². The van der Waals surface area contributed by atoms with Crippen molar-refractivity contribution < 1.29 is 14.6 Å². The predicted molar refractivity (Wildman–Crippen MR) is 63.4 cm³/mol. The molecule has 0 saturated carbocycles. The fourth-order valence-corrected chi connectivity index (χ4v) is 1.55. The fraction of sp³-hybridized carbons (Fsp3) is 0.364. The van der Waals surface area contributed by atoms with Gasteiger partial charge in [0.05, 0.1) is 17.3 Å². The van der Waals surface area contributed by atoms with Crippen LogP contribution < -0.4 is 5.32 Å². The van der Waals surface area contributed by atoms with Crippen LogP contribution in [-0.4, -0.2) is 30.8 Å². The molecule has 0 unspecified atom stereocenters. The Hall–Kier alpha value is -1.26. The van der Waals surface area contributed by atoms with Crippen LogP contribution in [0, 0.1) is 0 Å². The molecule has 0 bridgehead atoms. The van der Waals surface area contributed by atoms with Gasteiger partial charge in [0.2, 0.25) is 0 Å². The second kappa shape index (κ2) is 6.35. The van der Waals surface area contributed by atoms with Crippen molar-refractivity contribution in [2.24, 2.45) is 0 Å². The highest BCUT2D eigenvalue weighted by atomic mass is 35.5. The van der Waals surface area contributed by atoms with Gasteiger partial charge in [-0.15, -0.1) is 0 Å². The monoisotopic (exact) mass is 243 g/mol. The maximum atomic E-state index is 11.0. The maximum absolute atomic E-state index is 11.0. The van der Waals surface area contributed by atoms with E-state index < -0.39 is 5.97 Å². The first-order valence-corrected chi connectivity index (χ1v) is 5.38. The van der Waals surface area contributed by atoms with Gasteiger partial charge in [-0.3, -0.25) is 0 Å². The summed E-state index contributed by atoms with van der Waals surface area (Å²) < 4.78 is 5.14. The summed E-state index contributed by atoms with van der Waals surface area (Å²) in [4.78, 5) is 11.0. The molecule has 5 heteroatoms. The van der Waals surface area contributed by atoms with Gasteiger partial charge in [-0.05, 0) is 19.1 Å². The second-order valence-electron chi connectivity index (χ2n) is 3.09. The third-order valence-electron chi connectivity index (χ3n) is 1.99. The fourth-order valence-electron chi connectivity index (χ4n) is 1.29. The van der Waals surface area contributed by atoms with E-state index in [2.05, 4.69) is 5.32 Å². The van der Waals surface area contributed by atoms with Crippen LogP contribution in [0.2, 0.25) is 5.02 Å². The van der Waals surface area contributed by atoms with Crippen molar-refractivity contribution in [2.45, 2.75) is 6.92 Å². The van der Waals surface area contributed by atoms with Crippen molar-refractivity contribution in [3.05, 3.63) is 28.8 Å². The minimum absolute atomic E-state index is 0.0978. The van der Waals surface area contributed by atoms with Gasteiger partial charge in [0.25, 0.3) is 0 Å². The van der Waals surface area contributed by atoms with Gasteiger partial charge in [0.15, 0.2) is 0 Å². The molecular formula is C11H14ClNO3. The number of aromatic carboxylic acids is 1. The second-order valence-corrected chi connectivity index (χ2v) is 3.50. The average Bonchev–Trinajstić information content (AvgIpc) is 2.24. The Labute approximate surface area is 99.2 Å². The van der Waals surface area contributed by atoms with E-state index in [-0.39, 0.29) is 10.6 Å².